The summed E-state index contributed by atoms with van der Waals surface area (Å²) in [5.74, 6) is 0.570. The van der Waals surface area contributed by atoms with E-state index in [1.807, 2.05) is 66.4 Å². The fourth-order valence-electron chi connectivity index (χ4n) is 2.78. The van der Waals surface area contributed by atoms with E-state index in [0.717, 1.165) is 11.3 Å². The lowest BCUT2D eigenvalue weighted by Gasteiger charge is -2.31. The molecule has 6 nitrogen and oxygen atoms in total. The smallest absolute Gasteiger partial charge is 0.241 e. The third-order valence-corrected chi connectivity index (χ3v) is 4.37. The molecule has 6 heteroatoms. The molecule has 1 fully saturated rings. The van der Waals surface area contributed by atoms with Crippen LogP contribution in [-0.2, 0) is 16.2 Å². The van der Waals surface area contributed by atoms with E-state index in [-0.39, 0.29) is 24.4 Å². The topological polar surface area (TPSA) is 70.7 Å². The number of nitrogens with zero attached hydrogens (tertiary/aromatic N) is 1. The van der Waals surface area contributed by atoms with E-state index in [4.69, 9.17) is 4.74 Å². The summed E-state index contributed by atoms with van der Waals surface area (Å²) in [4.78, 5) is 25.7. The Labute approximate surface area is 153 Å². The van der Waals surface area contributed by atoms with Crippen molar-refractivity contribution in [3.05, 3.63) is 60.2 Å². The molecule has 0 radical (unpaired) electrons. The zero-order chi connectivity index (χ0) is 18.4. The number of anilines is 1. The van der Waals surface area contributed by atoms with Crippen LogP contribution in [0.4, 0.5) is 5.69 Å². The second kappa shape index (κ2) is 8.49. The zero-order valence-electron chi connectivity index (χ0n) is 14.8. The highest BCUT2D eigenvalue weighted by atomic mass is 16.5. The van der Waals surface area contributed by atoms with Crippen LogP contribution >= 0.6 is 0 Å². The molecule has 0 spiro atoms. The normalized spacial score (nSPS) is 15.8. The Balaban J connectivity index is 1.51. The van der Waals surface area contributed by atoms with Crippen molar-refractivity contribution in [1.82, 2.24) is 10.2 Å². The van der Waals surface area contributed by atoms with Crippen LogP contribution in [0.5, 0.6) is 5.75 Å². The lowest BCUT2D eigenvalue weighted by molar-refractivity contribution is -0.127. The number of carbonyl (C=O) groups excluding carboxylic acids is 2. The van der Waals surface area contributed by atoms with Crippen molar-refractivity contribution in [2.75, 3.05) is 25.0 Å². The van der Waals surface area contributed by atoms with Crippen LogP contribution in [0.1, 0.15) is 12.5 Å². The molecule has 1 atom stereocenters. The average Bonchev–Trinajstić information content (AvgIpc) is 2.67. The molecule has 2 amide bonds. The van der Waals surface area contributed by atoms with Crippen molar-refractivity contribution < 1.29 is 14.3 Å². The summed E-state index contributed by atoms with van der Waals surface area (Å²) in [5, 5.41) is 5.65. The Bertz CT molecular complexity index is 747. The van der Waals surface area contributed by atoms with Gasteiger partial charge in [0.2, 0.25) is 11.8 Å². The maximum Gasteiger partial charge on any atom is 0.241 e. The van der Waals surface area contributed by atoms with Gasteiger partial charge in [-0.05, 0) is 36.8 Å². The molecule has 26 heavy (non-hydrogen) atoms. The molecule has 1 heterocycles. The second-order valence-corrected chi connectivity index (χ2v) is 6.28. The first-order valence-corrected chi connectivity index (χ1v) is 8.70. The highest BCUT2D eigenvalue weighted by molar-refractivity contribution is 5.95. The number of nitrogens with one attached hydrogen (secondary N) is 2. The van der Waals surface area contributed by atoms with Gasteiger partial charge >= 0.3 is 0 Å². The first-order valence-electron chi connectivity index (χ1n) is 8.70. The minimum atomic E-state index is -0.366. The lowest BCUT2D eigenvalue weighted by Crippen LogP contribution is -2.53. The van der Waals surface area contributed by atoms with Gasteiger partial charge in [-0.3, -0.25) is 14.5 Å². The molecule has 0 saturated carbocycles. The number of hydrogen-bond acceptors (Lipinski definition) is 4. The van der Waals surface area contributed by atoms with Crippen molar-refractivity contribution in [2.45, 2.75) is 19.6 Å². The van der Waals surface area contributed by atoms with Crippen LogP contribution in [0.25, 0.3) is 0 Å². The summed E-state index contributed by atoms with van der Waals surface area (Å²) in [6.07, 6.45) is 0. The van der Waals surface area contributed by atoms with E-state index in [0.29, 0.717) is 25.4 Å². The average molecular weight is 353 g/mol. The molecule has 2 aromatic rings. The molecular weight excluding hydrogens is 330 g/mol. The Kier molecular flexibility index (Phi) is 5.86. The summed E-state index contributed by atoms with van der Waals surface area (Å²) >= 11 is 0. The monoisotopic (exact) mass is 353 g/mol. The lowest BCUT2D eigenvalue weighted by atomic mass is 10.2. The number of rotatable bonds is 6. The molecule has 1 saturated heterocycles. The van der Waals surface area contributed by atoms with E-state index >= 15 is 0 Å². The summed E-state index contributed by atoms with van der Waals surface area (Å²) in [6.45, 7) is 3.81. The number of ether oxygens (including phenoxy) is 1. The predicted molar refractivity (Wildman–Crippen MR) is 99.9 cm³/mol. The molecule has 1 aliphatic rings. The first kappa shape index (κ1) is 17.9. The van der Waals surface area contributed by atoms with E-state index in [2.05, 4.69) is 10.6 Å². The fraction of sp³-hybridized carbons (Fsp3) is 0.300. The van der Waals surface area contributed by atoms with Crippen LogP contribution in [0, 0.1) is 0 Å². The SMILES string of the molecule is C[C@H](C(=O)Nc1ccc(OCc2ccccc2)cc1)N1CCNC(=O)C1. The minimum absolute atomic E-state index is 0.0455. The van der Waals surface area contributed by atoms with Crippen LogP contribution in [0.15, 0.2) is 54.6 Å². The van der Waals surface area contributed by atoms with Crippen molar-refractivity contribution in [1.29, 1.82) is 0 Å². The van der Waals surface area contributed by atoms with E-state index in [9.17, 15) is 9.59 Å². The molecule has 0 bridgehead atoms. The molecule has 2 N–H and O–H groups in total. The van der Waals surface area contributed by atoms with Gasteiger partial charge in [-0.25, -0.2) is 0 Å². The van der Waals surface area contributed by atoms with Gasteiger partial charge in [-0.1, -0.05) is 30.3 Å². The van der Waals surface area contributed by atoms with Gasteiger partial charge in [-0.2, -0.15) is 0 Å². The van der Waals surface area contributed by atoms with E-state index in [1.54, 1.807) is 0 Å². The van der Waals surface area contributed by atoms with Crippen LogP contribution in [-0.4, -0.2) is 42.4 Å². The number of benzene rings is 2. The molecule has 0 aromatic heterocycles. The Morgan fingerprint density at radius 3 is 2.62 bits per heavy atom. The second-order valence-electron chi connectivity index (χ2n) is 6.28. The van der Waals surface area contributed by atoms with Crippen molar-refractivity contribution in [2.24, 2.45) is 0 Å². The summed E-state index contributed by atoms with van der Waals surface area (Å²) < 4.78 is 5.74. The number of piperazine rings is 1. The Hall–Kier alpha value is -2.86. The highest BCUT2D eigenvalue weighted by Gasteiger charge is 2.25. The van der Waals surface area contributed by atoms with E-state index < -0.39 is 0 Å². The van der Waals surface area contributed by atoms with E-state index in [1.165, 1.54) is 0 Å². The molecular formula is C20H23N3O3. The molecule has 1 aliphatic heterocycles. The summed E-state index contributed by atoms with van der Waals surface area (Å²) in [6, 6.07) is 16.9. The van der Waals surface area contributed by atoms with Crippen molar-refractivity contribution in [3.8, 4) is 5.75 Å². The standard InChI is InChI=1S/C20H23N3O3/c1-15(23-12-11-21-19(24)13-23)20(25)22-17-7-9-18(10-8-17)26-14-16-5-3-2-4-6-16/h2-10,15H,11-14H2,1H3,(H,21,24)(H,22,25)/t15-/m1/s1. The van der Waals surface area contributed by atoms with Gasteiger partial charge in [0.15, 0.2) is 0 Å². The Morgan fingerprint density at radius 1 is 1.19 bits per heavy atom. The van der Waals surface area contributed by atoms with Gasteiger partial charge < -0.3 is 15.4 Å². The number of carbonyl (C=O) groups is 2. The summed E-state index contributed by atoms with van der Waals surface area (Å²) in [5.41, 5.74) is 1.81. The quantitative estimate of drug-likeness (QED) is 0.834. The predicted octanol–water partition coefficient (Wildman–Crippen LogP) is 2.02. The van der Waals surface area contributed by atoms with Gasteiger partial charge in [0.1, 0.15) is 12.4 Å². The molecule has 0 aliphatic carbocycles. The third-order valence-electron chi connectivity index (χ3n) is 4.37. The van der Waals surface area contributed by atoms with Gasteiger partial charge in [0.25, 0.3) is 0 Å². The summed E-state index contributed by atoms with van der Waals surface area (Å²) in [7, 11) is 0. The van der Waals surface area contributed by atoms with Crippen LogP contribution in [0.2, 0.25) is 0 Å². The molecule has 136 valence electrons. The van der Waals surface area contributed by atoms with Gasteiger partial charge in [0.05, 0.1) is 12.6 Å². The fourth-order valence-corrected chi connectivity index (χ4v) is 2.78. The van der Waals surface area contributed by atoms with Crippen molar-refractivity contribution >= 4 is 17.5 Å². The van der Waals surface area contributed by atoms with Crippen LogP contribution in [0.3, 0.4) is 0 Å². The first-order chi connectivity index (χ1) is 12.6. The number of hydrogen-bond donors (Lipinski definition) is 2. The molecule has 0 unspecified atom stereocenters. The van der Waals surface area contributed by atoms with Gasteiger partial charge in [0, 0.05) is 18.8 Å². The Morgan fingerprint density at radius 2 is 1.92 bits per heavy atom. The zero-order valence-corrected chi connectivity index (χ0v) is 14.8. The number of amides is 2. The molecule has 3 rings (SSSR count). The van der Waals surface area contributed by atoms with Crippen molar-refractivity contribution in [3.63, 3.8) is 0 Å². The highest BCUT2D eigenvalue weighted by Crippen LogP contribution is 2.17. The minimum Gasteiger partial charge on any atom is -0.489 e. The maximum absolute atomic E-state index is 12.4. The van der Waals surface area contributed by atoms with Gasteiger partial charge in [-0.15, -0.1) is 0 Å². The largest absolute Gasteiger partial charge is 0.489 e. The molecule has 2 aromatic carbocycles. The third kappa shape index (κ3) is 4.83. The van der Waals surface area contributed by atoms with Crippen LogP contribution < -0.4 is 15.4 Å². The maximum atomic E-state index is 12.4.